The number of aromatic nitrogens is 3. The van der Waals surface area contributed by atoms with Crippen LogP contribution in [0.1, 0.15) is 26.6 Å². The maximum absolute atomic E-state index is 4.45. The molecule has 0 aliphatic carbocycles. The topological polar surface area (TPSA) is 42.7 Å². The van der Waals surface area contributed by atoms with E-state index in [2.05, 4.69) is 42.1 Å². The molecule has 18 heavy (non-hydrogen) atoms. The van der Waals surface area contributed by atoms with Crippen LogP contribution in [0.3, 0.4) is 0 Å². The van der Waals surface area contributed by atoms with Gasteiger partial charge in [-0.3, -0.25) is 4.57 Å². The molecule has 0 aromatic carbocycles. The molecule has 0 bridgehead atoms. The number of aryl methyl sites for hydroxylation is 1. The molecule has 2 rings (SSSR count). The molecule has 2 aromatic heterocycles. The van der Waals surface area contributed by atoms with Gasteiger partial charge in [0.25, 0.3) is 0 Å². The van der Waals surface area contributed by atoms with Gasteiger partial charge < -0.3 is 5.32 Å². The maximum Gasteiger partial charge on any atom is 0.138 e. The zero-order chi connectivity index (χ0) is 13.1. The van der Waals surface area contributed by atoms with Crippen molar-refractivity contribution in [3.63, 3.8) is 0 Å². The summed E-state index contributed by atoms with van der Waals surface area (Å²) in [5, 5.41) is 3.44. The van der Waals surface area contributed by atoms with Crippen LogP contribution >= 0.6 is 0 Å². The summed E-state index contributed by atoms with van der Waals surface area (Å²) in [5.74, 6) is 2.44. The molecule has 4 heteroatoms. The first-order valence-electron chi connectivity index (χ1n) is 6.31. The first kappa shape index (κ1) is 12.6. The molecular formula is C14H20N4. The number of nitrogens with one attached hydrogen (secondary N) is 1. The second kappa shape index (κ2) is 5.21. The molecule has 4 nitrogen and oxygen atoms in total. The van der Waals surface area contributed by atoms with Crippen LogP contribution in [-0.2, 0) is 0 Å². The van der Waals surface area contributed by atoms with E-state index in [1.807, 2.05) is 30.0 Å². The molecule has 0 saturated carbocycles. The van der Waals surface area contributed by atoms with Crippen molar-refractivity contribution in [3.05, 3.63) is 36.5 Å². The lowest BCUT2D eigenvalue weighted by atomic mass is 10.1. The Morgan fingerprint density at radius 1 is 1.17 bits per heavy atom. The molecular weight excluding hydrogens is 224 g/mol. The Morgan fingerprint density at radius 3 is 2.44 bits per heavy atom. The van der Waals surface area contributed by atoms with Crippen LogP contribution in [0.25, 0.3) is 5.82 Å². The summed E-state index contributed by atoms with van der Waals surface area (Å²) < 4.78 is 1.97. The van der Waals surface area contributed by atoms with Gasteiger partial charge in [0, 0.05) is 18.4 Å². The van der Waals surface area contributed by atoms with Gasteiger partial charge in [-0.1, -0.05) is 13.8 Å². The highest BCUT2D eigenvalue weighted by Gasteiger charge is 2.07. The monoisotopic (exact) mass is 244 g/mol. The normalized spacial score (nSPS) is 12.7. The molecule has 0 saturated heterocycles. The molecule has 1 unspecified atom stereocenters. The van der Waals surface area contributed by atoms with Crippen molar-refractivity contribution in [2.75, 3.05) is 5.32 Å². The van der Waals surface area contributed by atoms with E-state index in [9.17, 15) is 0 Å². The fourth-order valence-corrected chi connectivity index (χ4v) is 1.66. The van der Waals surface area contributed by atoms with Gasteiger partial charge in [0.05, 0.1) is 11.9 Å². The number of anilines is 1. The summed E-state index contributed by atoms with van der Waals surface area (Å²) in [5.41, 5.74) is 1.05. The minimum absolute atomic E-state index is 0.438. The van der Waals surface area contributed by atoms with Crippen LogP contribution in [0.4, 0.5) is 5.69 Å². The van der Waals surface area contributed by atoms with Crippen LogP contribution in [0.5, 0.6) is 0 Å². The lowest BCUT2D eigenvalue weighted by molar-refractivity contribution is 0.560. The van der Waals surface area contributed by atoms with Gasteiger partial charge in [-0.05, 0) is 31.9 Å². The van der Waals surface area contributed by atoms with Gasteiger partial charge in [-0.2, -0.15) is 0 Å². The summed E-state index contributed by atoms with van der Waals surface area (Å²) in [6, 6.07) is 4.50. The van der Waals surface area contributed by atoms with Crippen molar-refractivity contribution in [2.45, 2.75) is 33.7 Å². The summed E-state index contributed by atoms with van der Waals surface area (Å²) in [6.07, 6.45) is 5.57. The second-order valence-corrected chi connectivity index (χ2v) is 4.93. The van der Waals surface area contributed by atoms with Crippen molar-refractivity contribution < 1.29 is 0 Å². The van der Waals surface area contributed by atoms with E-state index in [0.717, 1.165) is 17.3 Å². The molecule has 0 radical (unpaired) electrons. The summed E-state index contributed by atoms with van der Waals surface area (Å²) >= 11 is 0. The summed E-state index contributed by atoms with van der Waals surface area (Å²) in [7, 11) is 0. The van der Waals surface area contributed by atoms with E-state index in [1.165, 1.54) is 0 Å². The Kier molecular flexibility index (Phi) is 3.65. The third-order valence-corrected chi connectivity index (χ3v) is 3.21. The van der Waals surface area contributed by atoms with E-state index < -0.39 is 0 Å². The van der Waals surface area contributed by atoms with E-state index in [1.54, 1.807) is 6.20 Å². The Hall–Kier alpha value is -1.84. The molecule has 0 amide bonds. The maximum atomic E-state index is 4.45. The number of hydrogen-bond donors (Lipinski definition) is 1. The smallest absolute Gasteiger partial charge is 0.138 e. The largest absolute Gasteiger partial charge is 0.381 e. The predicted molar refractivity (Wildman–Crippen MR) is 74.0 cm³/mol. The summed E-state index contributed by atoms with van der Waals surface area (Å²) in [6.45, 7) is 8.55. The average molecular weight is 244 g/mol. The van der Waals surface area contributed by atoms with Gasteiger partial charge in [0.15, 0.2) is 0 Å². The Bertz CT molecular complexity index is 499. The van der Waals surface area contributed by atoms with E-state index in [0.29, 0.717) is 12.0 Å². The molecule has 0 spiro atoms. The molecule has 2 heterocycles. The number of rotatable bonds is 4. The van der Waals surface area contributed by atoms with E-state index in [-0.39, 0.29) is 0 Å². The highest BCUT2D eigenvalue weighted by Crippen LogP contribution is 2.14. The van der Waals surface area contributed by atoms with Gasteiger partial charge in [-0.25, -0.2) is 9.97 Å². The van der Waals surface area contributed by atoms with Crippen LogP contribution in [0.15, 0.2) is 30.7 Å². The third kappa shape index (κ3) is 2.70. The number of nitrogens with zero attached hydrogens (tertiary/aromatic N) is 3. The average Bonchev–Trinajstić information content (AvgIpc) is 2.76. The second-order valence-electron chi connectivity index (χ2n) is 4.93. The van der Waals surface area contributed by atoms with Gasteiger partial charge in [0.1, 0.15) is 11.6 Å². The van der Waals surface area contributed by atoms with Crippen LogP contribution in [-0.4, -0.2) is 20.6 Å². The molecule has 96 valence electrons. The zero-order valence-corrected chi connectivity index (χ0v) is 11.4. The molecule has 0 aliphatic rings. The number of pyridine rings is 1. The molecule has 0 fully saturated rings. The minimum atomic E-state index is 0.438. The van der Waals surface area contributed by atoms with Gasteiger partial charge in [0.2, 0.25) is 0 Å². The lowest BCUT2D eigenvalue weighted by Crippen LogP contribution is -2.21. The quantitative estimate of drug-likeness (QED) is 0.899. The van der Waals surface area contributed by atoms with Gasteiger partial charge in [-0.15, -0.1) is 0 Å². The molecule has 1 atom stereocenters. The van der Waals surface area contributed by atoms with Crippen molar-refractivity contribution in [2.24, 2.45) is 5.92 Å². The predicted octanol–water partition coefficient (Wildman–Crippen LogP) is 3.03. The van der Waals surface area contributed by atoms with Crippen LogP contribution in [0, 0.1) is 12.8 Å². The first-order valence-corrected chi connectivity index (χ1v) is 6.31. The van der Waals surface area contributed by atoms with Crippen LogP contribution < -0.4 is 5.32 Å². The molecule has 1 N–H and O–H groups in total. The Balaban J connectivity index is 2.13. The van der Waals surface area contributed by atoms with Crippen molar-refractivity contribution >= 4 is 5.69 Å². The zero-order valence-electron chi connectivity index (χ0n) is 11.4. The van der Waals surface area contributed by atoms with E-state index >= 15 is 0 Å². The van der Waals surface area contributed by atoms with Crippen molar-refractivity contribution in [3.8, 4) is 5.82 Å². The molecule has 0 aliphatic heterocycles. The number of imidazole rings is 1. The highest BCUT2D eigenvalue weighted by atomic mass is 15.1. The minimum Gasteiger partial charge on any atom is -0.381 e. The van der Waals surface area contributed by atoms with Crippen molar-refractivity contribution in [1.29, 1.82) is 0 Å². The third-order valence-electron chi connectivity index (χ3n) is 3.21. The fraction of sp³-hybridized carbons (Fsp3) is 0.429. The fourth-order valence-electron chi connectivity index (χ4n) is 1.66. The Morgan fingerprint density at radius 2 is 1.94 bits per heavy atom. The van der Waals surface area contributed by atoms with E-state index in [4.69, 9.17) is 0 Å². The first-order chi connectivity index (χ1) is 8.58. The standard InChI is InChI=1S/C14H20N4/c1-10(2)11(3)17-13-5-6-14(16-9-13)18-8-7-15-12(18)4/h5-11,17H,1-4H3. The van der Waals surface area contributed by atoms with Crippen molar-refractivity contribution in [1.82, 2.24) is 14.5 Å². The SMILES string of the molecule is Cc1nccn1-c1ccc(NC(C)C(C)C)cn1. The Labute approximate surface area is 108 Å². The molecule has 2 aromatic rings. The number of hydrogen-bond acceptors (Lipinski definition) is 3. The van der Waals surface area contributed by atoms with Crippen LogP contribution in [0.2, 0.25) is 0 Å². The highest BCUT2D eigenvalue weighted by molar-refractivity contribution is 5.44. The lowest BCUT2D eigenvalue weighted by Gasteiger charge is -2.18. The summed E-state index contributed by atoms with van der Waals surface area (Å²) in [4.78, 5) is 8.65. The van der Waals surface area contributed by atoms with Gasteiger partial charge >= 0.3 is 0 Å².